The van der Waals surface area contributed by atoms with Crippen LogP contribution in [0.25, 0.3) is 0 Å². The van der Waals surface area contributed by atoms with Gasteiger partial charge >= 0.3 is 0 Å². The van der Waals surface area contributed by atoms with Crippen molar-refractivity contribution in [2.75, 3.05) is 39.2 Å². The van der Waals surface area contributed by atoms with Crippen molar-refractivity contribution >= 4 is 41.7 Å². The monoisotopic (exact) mass is 509 g/mol. The molecule has 2 N–H and O–H groups in total. The number of ether oxygens (including phenoxy) is 2. The van der Waals surface area contributed by atoms with Crippen molar-refractivity contribution in [3.8, 4) is 5.75 Å². The lowest BCUT2D eigenvalue weighted by Crippen LogP contribution is -2.43. The van der Waals surface area contributed by atoms with Crippen LogP contribution in [-0.4, -0.2) is 49.9 Å². The van der Waals surface area contributed by atoms with Crippen LogP contribution in [0.3, 0.4) is 0 Å². The van der Waals surface area contributed by atoms with Crippen molar-refractivity contribution in [3.05, 3.63) is 29.3 Å². The van der Waals surface area contributed by atoms with E-state index in [0.717, 1.165) is 30.4 Å². The summed E-state index contributed by atoms with van der Waals surface area (Å²) in [5, 5.41) is 6.74. The molecular weight excluding hydrogens is 473 g/mol. The van der Waals surface area contributed by atoms with Crippen molar-refractivity contribution in [2.24, 2.45) is 4.99 Å². The van der Waals surface area contributed by atoms with E-state index in [1.54, 1.807) is 0 Å². The first kappa shape index (κ1) is 26.3. The number of nitrogens with one attached hydrogen (secondary N) is 2. The maximum absolute atomic E-state index is 5.91. The molecule has 0 saturated carbocycles. The fourth-order valence-electron chi connectivity index (χ4n) is 2.16. The molecular formula is C20H36IN3O2S. The number of nitrogens with zero attached hydrogens (tertiary/aromatic N) is 1. The summed E-state index contributed by atoms with van der Waals surface area (Å²) in [6, 6.07) is 6.25. The molecule has 0 aromatic heterocycles. The van der Waals surface area contributed by atoms with Gasteiger partial charge in [0.15, 0.2) is 5.96 Å². The zero-order chi connectivity index (χ0) is 19.4. The highest BCUT2D eigenvalue weighted by Crippen LogP contribution is 2.22. The Labute approximate surface area is 186 Å². The van der Waals surface area contributed by atoms with Gasteiger partial charge in [-0.1, -0.05) is 12.1 Å². The highest BCUT2D eigenvalue weighted by molar-refractivity contribution is 14.0. The van der Waals surface area contributed by atoms with E-state index in [0.29, 0.717) is 26.4 Å². The number of benzene rings is 1. The van der Waals surface area contributed by atoms with Crippen LogP contribution in [-0.2, 0) is 11.3 Å². The van der Waals surface area contributed by atoms with Gasteiger partial charge in [-0.15, -0.1) is 24.0 Å². The standard InChI is InChI=1S/C20H35N3O2S.HI/c1-7-21-19(23-15-20(4,5)26-6)22-14-17-10-9-16(3)13-18(17)25-12-11-24-8-2;/h9-10,13H,7-8,11-12,14-15H2,1-6H3,(H2,21,22,23);1H. The molecule has 0 spiro atoms. The van der Waals surface area contributed by atoms with Gasteiger partial charge in [0.05, 0.1) is 13.2 Å². The van der Waals surface area contributed by atoms with Crippen LogP contribution in [0.15, 0.2) is 23.2 Å². The third-order valence-electron chi connectivity index (χ3n) is 3.90. The third kappa shape index (κ3) is 11.0. The summed E-state index contributed by atoms with van der Waals surface area (Å²) in [5.41, 5.74) is 2.25. The fourth-order valence-corrected chi connectivity index (χ4v) is 2.37. The van der Waals surface area contributed by atoms with Gasteiger partial charge in [0.1, 0.15) is 12.4 Å². The number of rotatable bonds is 11. The van der Waals surface area contributed by atoms with Crippen molar-refractivity contribution < 1.29 is 9.47 Å². The van der Waals surface area contributed by atoms with E-state index < -0.39 is 0 Å². The van der Waals surface area contributed by atoms with Crippen molar-refractivity contribution in [1.29, 1.82) is 0 Å². The molecule has 0 fully saturated rings. The number of halogens is 1. The van der Waals surface area contributed by atoms with Gasteiger partial charge in [-0.05, 0) is 52.5 Å². The molecule has 0 heterocycles. The van der Waals surface area contributed by atoms with Crippen LogP contribution < -0.4 is 15.4 Å². The lowest BCUT2D eigenvalue weighted by molar-refractivity contribution is 0.110. The summed E-state index contributed by atoms with van der Waals surface area (Å²) < 4.78 is 11.4. The topological polar surface area (TPSA) is 54.9 Å². The second kappa shape index (κ2) is 14.3. The summed E-state index contributed by atoms with van der Waals surface area (Å²) in [5.74, 6) is 1.71. The molecule has 1 rings (SSSR count). The third-order valence-corrected chi connectivity index (χ3v) is 5.15. The number of aryl methyl sites for hydroxylation is 1. The maximum atomic E-state index is 5.91. The van der Waals surface area contributed by atoms with Gasteiger partial charge in [0.2, 0.25) is 0 Å². The van der Waals surface area contributed by atoms with Crippen LogP contribution in [0, 0.1) is 6.92 Å². The van der Waals surface area contributed by atoms with Gasteiger partial charge in [-0.3, -0.25) is 0 Å². The first-order chi connectivity index (χ1) is 12.4. The number of aliphatic imine (C=N–C) groups is 1. The second-order valence-electron chi connectivity index (χ2n) is 6.67. The first-order valence-electron chi connectivity index (χ1n) is 9.29. The van der Waals surface area contributed by atoms with E-state index in [1.165, 1.54) is 5.56 Å². The first-order valence-corrected chi connectivity index (χ1v) is 10.5. The Balaban J connectivity index is 0.00000676. The minimum Gasteiger partial charge on any atom is -0.491 e. The van der Waals surface area contributed by atoms with Gasteiger partial charge in [-0.2, -0.15) is 11.8 Å². The van der Waals surface area contributed by atoms with Gasteiger partial charge in [0.25, 0.3) is 0 Å². The molecule has 0 atom stereocenters. The zero-order valence-corrected chi connectivity index (χ0v) is 20.7. The fraction of sp³-hybridized carbons (Fsp3) is 0.650. The molecule has 0 unspecified atom stereocenters. The number of guanidine groups is 1. The predicted octanol–water partition coefficient (Wildman–Crippen LogP) is 4.23. The molecule has 1 aromatic rings. The smallest absolute Gasteiger partial charge is 0.191 e. The van der Waals surface area contributed by atoms with Crippen LogP contribution in [0.2, 0.25) is 0 Å². The Morgan fingerprint density at radius 2 is 1.93 bits per heavy atom. The minimum atomic E-state index is 0. The SMILES string of the molecule is CCNC(=NCc1ccc(C)cc1OCCOCC)NCC(C)(C)SC.I. The Morgan fingerprint density at radius 1 is 1.19 bits per heavy atom. The molecule has 0 saturated heterocycles. The van der Waals surface area contributed by atoms with E-state index >= 15 is 0 Å². The van der Waals surface area contributed by atoms with E-state index in [4.69, 9.17) is 14.5 Å². The molecule has 0 aliphatic rings. The Hall–Kier alpha value is -0.670. The van der Waals surface area contributed by atoms with Gasteiger partial charge < -0.3 is 20.1 Å². The lowest BCUT2D eigenvalue weighted by atomic mass is 10.1. The zero-order valence-electron chi connectivity index (χ0n) is 17.6. The molecule has 1 aromatic carbocycles. The molecule has 27 heavy (non-hydrogen) atoms. The number of hydrogen-bond acceptors (Lipinski definition) is 4. The summed E-state index contributed by atoms with van der Waals surface area (Å²) in [4.78, 5) is 4.73. The normalized spacial score (nSPS) is 11.7. The quantitative estimate of drug-likeness (QED) is 0.203. The Morgan fingerprint density at radius 3 is 2.56 bits per heavy atom. The highest BCUT2D eigenvalue weighted by Gasteiger charge is 2.16. The molecule has 0 aliphatic carbocycles. The van der Waals surface area contributed by atoms with Crippen LogP contribution in [0.4, 0.5) is 0 Å². The van der Waals surface area contributed by atoms with E-state index in [1.807, 2.05) is 18.7 Å². The molecule has 0 radical (unpaired) electrons. The average molecular weight is 509 g/mol. The molecule has 7 heteroatoms. The van der Waals surface area contributed by atoms with E-state index in [2.05, 4.69) is 62.8 Å². The second-order valence-corrected chi connectivity index (χ2v) is 8.18. The summed E-state index contributed by atoms with van der Waals surface area (Å²) in [6.07, 6.45) is 2.13. The van der Waals surface area contributed by atoms with Crippen LogP contribution >= 0.6 is 35.7 Å². The summed E-state index contributed by atoms with van der Waals surface area (Å²) >= 11 is 1.84. The molecule has 0 amide bonds. The van der Waals surface area contributed by atoms with Crippen LogP contribution in [0.5, 0.6) is 5.75 Å². The number of thioether (sulfide) groups is 1. The van der Waals surface area contributed by atoms with Crippen LogP contribution in [0.1, 0.15) is 38.8 Å². The Kier molecular flexibility index (Phi) is 14.0. The van der Waals surface area contributed by atoms with Crippen molar-refractivity contribution in [3.63, 3.8) is 0 Å². The molecule has 0 aliphatic heterocycles. The maximum Gasteiger partial charge on any atom is 0.191 e. The Bertz CT molecular complexity index is 568. The average Bonchev–Trinajstić information content (AvgIpc) is 2.62. The van der Waals surface area contributed by atoms with Crippen molar-refractivity contribution in [1.82, 2.24) is 10.6 Å². The summed E-state index contributed by atoms with van der Waals surface area (Å²) in [6.45, 7) is 14.7. The highest BCUT2D eigenvalue weighted by atomic mass is 127. The molecule has 156 valence electrons. The lowest BCUT2D eigenvalue weighted by Gasteiger charge is -2.23. The molecule has 0 bridgehead atoms. The van der Waals surface area contributed by atoms with Gasteiger partial charge in [-0.25, -0.2) is 4.99 Å². The van der Waals surface area contributed by atoms with E-state index in [9.17, 15) is 0 Å². The molecule has 5 nitrogen and oxygen atoms in total. The summed E-state index contributed by atoms with van der Waals surface area (Å²) in [7, 11) is 0. The number of hydrogen-bond donors (Lipinski definition) is 2. The van der Waals surface area contributed by atoms with Crippen molar-refractivity contribution in [2.45, 2.75) is 45.9 Å². The minimum absolute atomic E-state index is 0. The largest absolute Gasteiger partial charge is 0.491 e. The predicted molar refractivity (Wildman–Crippen MR) is 129 cm³/mol. The van der Waals surface area contributed by atoms with E-state index in [-0.39, 0.29) is 28.7 Å². The van der Waals surface area contributed by atoms with Gasteiger partial charge in [0, 0.05) is 30.0 Å².